The summed E-state index contributed by atoms with van der Waals surface area (Å²) >= 11 is 0. The topological polar surface area (TPSA) is 75.7 Å². The largest absolute Gasteiger partial charge is 0.368 e. The van der Waals surface area contributed by atoms with Crippen LogP contribution >= 0.6 is 0 Å². The Morgan fingerprint density at radius 2 is 1.85 bits per heavy atom. The number of hydrogen-bond donors (Lipinski definition) is 1. The number of likely N-dealkylation sites (tertiary alicyclic amines) is 1. The second-order valence-corrected chi connectivity index (χ2v) is 11.3. The first-order chi connectivity index (χ1) is 15.6. The number of carbonyl (C=O) groups excluding carboxylic acids is 1. The lowest BCUT2D eigenvalue weighted by molar-refractivity contribution is -0.157. The number of nitrogens with one attached hydrogen (secondary N) is 1. The van der Waals surface area contributed by atoms with Gasteiger partial charge in [-0.15, -0.1) is 0 Å². The number of halogens is 2. The predicted molar refractivity (Wildman–Crippen MR) is 119 cm³/mol. The summed E-state index contributed by atoms with van der Waals surface area (Å²) in [4.78, 5) is 14.9. The molecule has 2 aromatic carbocycles. The van der Waals surface area contributed by atoms with Gasteiger partial charge in [-0.2, -0.15) is 0 Å². The summed E-state index contributed by atoms with van der Waals surface area (Å²) in [6.07, 6.45) is 3.46. The van der Waals surface area contributed by atoms with Crippen LogP contribution in [0.3, 0.4) is 0 Å². The fourth-order valence-electron chi connectivity index (χ4n) is 5.13. The highest BCUT2D eigenvalue weighted by atomic mass is 32.2. The van der Waals surface area contributed by atoms with Gasteiger partial charge in [-0.25, -0.2) is 21.9 Å². The number of ether oxygens (including phenoxy) is 1. The lowest BCUT2D eigenvalue weighted by Gasteiger charge is -2.34. The Hall–Kier alpha value is -2.36. The Morgan fingerprint density at radius 3 is 2.42 bits per heavy atom. The van der Waals surface area contributed by atoms with Gasteiger partial charge < -0.3 is 9.64 Å². The molecule has 0 aromatic heterocycles. The van der Waals surface area contributed by atoms with Crippen LogP contribution < -0.4 is 4.72 Å². The molecule has 6 nitrogen and oxygen atoms in total. The molecule has 9 heteroatoms. The van der Waals surface area contributed by atoms with Crippen LogP contribution in [-0.2, 0) is 26.0 Å². The first kappa shape index (κ1) is 22.4. The molecule has 0 bridgehead atoms. The molecule has 2 heterocycles. The van der Waals surface area contributed by atoms with Crippen molar-refractivity contribution in [1.82, 2.24) is 9.62 Å². The van der Waals surface area contributed by atoms with E-state index in [1.807, 2.05) is 12.1 Å². The average molecular weight is 477 g/mol. The molecule has 176 valence electrons. The zero-order valence-electron chi connectivity index (χ0n) is 18.3. The maximum absolute atomic E-state index is 13.7. The van der Waals surface area contributed by atoms with E-state index in [1.165, 1.54) is 12.1 Å². The molecular weight excluding hydrogens is 450 g/mol. The van der Waals surface area contributed by atoms with E-state index in [0.717, 1.165) is 30.7 Å². The minimum Gasteiger partial charge on any atom is -0.368 e. The number of rotatable bonds is 6. The molecule has 2 aliphatic heterocycles. The minimum atomic E-state index is -3.49. The van der Waals surface area contributed by atoms with Crippen LogP contribution in [0.1, 0.15) is 24.8 Å². The van der Waals surface area contributed by atoms with Crippen LogP contribution in [-0.4, -0.2) is 56.8 Å². The van der Waals surface area contributed by atoms with Gasteiger partial charge in [-0.05, 0) is 48.1 Å². The summed E-state index contributed by atoms with van der Waals surface area (Å²) in [5, 5.41) is 0. The number of benzene rings is 2. The second kappa shape index (κ2) is 8.14. The predicted octanol–water partition coefficient (Wildman–Crippen LogP) is 2.87. The smallest absolute Gasteiger partial charge is 0.252 e. The van der Waals surface area contributed by atoms with E-state index in [-0.39, 0.29) is 17.4 Å². The van der Waals surface area contributed by atoms with Gasteiger partial charge >= 0.3 is 0 Å². The Morgan fingerprint density at radius 1 is 1.15 bits per heavy atom. The van der Waals surface area contributed by atoms with Crippen LogP contribution in [0.15, 0.2) is 42.5 Å². The highest BCUT2D eigenvalue weighted by molar-refractivity contribution is 7.88. The quantitative estimate of drug-likeness (QED) is 0.696. The van der Waals surface area contributed by atoms with Crippen LogP contribution in [0.5, 0.6) is 0 Å². The van der Waals surface area contributed by atoms with Gasteiger partial charge in [0.1, 0.15) is 17.7 Å². The molecule has 2 unspecified atom stereocenters. The second-order valence-electron chi connectivity index (χ2n) is 9.47. The van der Waals surface area contributed by atoms with E-state index < -0.39 is 33.8 Å². The molecule has 2 saturated heterocycles. The molecule has 1 spiro atoms. The molecule has 1 saturated carbocycles. The van der Waals surface area contributed by atoms with E-state index in [4.69, 9.17) is 4.74 Å². The van der Waals surface area contributed by atoms with Crippen LogP contribution in [0, 0.1) is 17.0 Å². The Balaban J connectivity index is 1.47. The van der Waals surface area contributed by atoms with Crippen molar-refractivity contribution in [2.45, 2.75) is 43.9 Å². The fraction of sp³-hybridized carbons (Fsp3) is 0.458. The van der Waals surface area contributed by atoms with Crippen LogP contribution in [0.2, 0.25) is 0 Å². The van der Waals surface area contributed by atoms with E-state index >= 15 is 0 Å². The third kappa shape index (κ3) is 4.54. The number of amides is 1. The lowest BCUT2D eigenvalue weighted by atomic mass is 9.91. The lowest BCUT2D eigenvalue weighted by Crippen LogP contribution is -2.52. The maximum Gasteiger partial charge on any atom is 0.252 e. The fourth-order valence-corrected chi connectivity index (χ4v) is 6.00. The number of carbonyl (C=O) groups is 1. The van der Waals surface area contributed by atoms with Gasteiger partial charge in [0.2, 0.25) is 10.0 Å². The normalized spacial score (nSPS) is 25.8. The van der Waals surface area contributed by atoms with Crippen LogP contribution in [0.25, 0.3) is 11.1 Å². The van der Waals surface area contributed by atoms with E-state index in [9.17, 15) is 22.0 Å². The van der Waals surface area contributed by atoms with E-state index in [2.05, 4.69) is 4.72 Å². The molecule has 1 amide bonds. The van der Waals surface area contributed by atoms with Gasteiger partial charge in [-0.1, -0.05) is 24.3 Å². The Labute approximate surface area is 192 Å². The zero-order chi connectivity index (χ0) is 23.4. The maximum atomic E-state index is 13.7. The molecule has 5 rings (SSSR count). The number of hydrogen-bond acceptors (Lipinski definition) is 4. The molecule has 3 fully saturated rings. The standard InChI is InChI=1S/C24H26F2N2O4S/c1-33(30,31)27-22-20(28(14-24(22)6-7-24)23(29)21-5-8-32-21)10-15-3-2-4-16(9-15)17-11-18(25)13-19(26)12-17/h2-4,9,11-13,20-22,27H,5-8,10,14H2,1H3/t20?,21-,22?/m1/s1. The summed E-state index contributed by atoms with van der Waals surface area (Å²) < 4.78 is 60.0. The molecule has 2 aromatic rings. The number of sulfonamides is 1. The van der Waals surface area contributed by atoms with Crippen molar-refractivity contribution in [3.05, 3.63) is 59.7 Å². The highest BCUT2D eigenvalue weighted by Gasteiger charge is 2.61. The Kier molecular flexibility index (Phi) is 5.54. The van der Waals surface area contributed by atoms with Gasteiger partial charge in [0.15, 0.2) is 0 Å². The van der Waals surface area contributed by atoms with Crippen molar-refractivity contribution >= 4 is 15.9 Å². The van der Waals surface area contributed by atoms with Crippen molar-refractivity contribution < 1.29 is 26.7 Å². The highest BCUT2D eigenvalue weighted by Crippen LogP contribution is 2.55. The van der Waals surface area contributed by atoms with Gasteiger partial charge in [-0.3, -0.25) is 4.79 Å². The third-order valence-electron chi connectivity index (χ3n) is 6.99. The molecule has 1 aliphatic carbocycles. The first-order valence-electron chi connectivity index (χ1n) is 11.1. The summed E-state index contributed by atoms with van der Waals surface area (Å²) in [6.45, 7) is 1.05. The summed E-state index contributed by atoms with van der Waals surface area (Å²) in [7, 11) is -3.49. The molecule has 3 atom stereocenters. The number of nitrogens with zero attached hydrogens (tertiary/aromatic N) is 1. The minimum absolute atomic E-state index is 0.0984. The van der Waals surface area contributed by atoms with E-state index in [0.29, 0.717) is 37.1 Å². The van der Waals surface area contributed by atoms with Gasteiger partial charge in [0.05, 0.1) is 18.9 Å². The van der Waals surface area contributed by atoms with Crippen molar-refractivity contribution in [2.24, 2.45) is 5.41 Å². The monoisotopic (exact) mass is 476 g/mol. The molecular formula is C24H26F2N2O4S. The molecule has 0 radical (unpaired) electrons. The molecule has 33 heavy (non-hydrogen) atoms. The van der Waals surface area contributed by atoms with Crippen LogP contribution in [0.4, 0.5) is 8.78 Å². The van der Waals surface area contributed by atoms with Gasteiger partial charge in [0.25, 0.3) is 5.91 Å². The van der Waals surface area contributed by atoms with Gasteiger partial charge in [0, 0.05) is 30.5 Å². The van der Waals surface area contributed by atoms with E-state index in [1.54, 1.807) is 17.0 Å². The Bertz CT molecular complexity index is 1170. The zero-order valence-corrected chi connectivity index (χ0v) is 19.1. The van der Waals surface area contributed by atoms with Crippen molar-refractivity contribution in [1.29, 1.82) is 0 Å². The van der Waals surface area contributed by atoms with Crippen molar-refractivity contribution in [3.8, 4) is 11.1 Å². The summed E-state index contributed by atoms with van der Waals surface area (Å²) in [5.41, 5.74) is 1.67. The van der Waals surface area contributed by atoms with Crippen molar-refractivity contribution in [3.63, 3.8) is 0 Å². The SMILES string of the molecule is CS(=O)(=O)NC1C(Cc2cccc(-c3cc(F)cc(F)c3)c2)N(C(=O)[C@H]2CCO2)CC12CC2. The van der Waals surface area contributed by atoms with Crippen molar-refractivity contribution in [2.75, 3.05) is 19.4 Å². The third-order valence-corrected chi connectivity index (χ3v) is 7.67. The average Bonchev–Trinajstić information content (AvgIpc) is 3.41. The molecule has 3 aliphatic rings. The summed E-state index contributed by atoms with van der Waals surface area (Å²) in [6, 6.07) is 9.90. The first-order valence-corrected chi connectivity index (χ1v) is 13.0. The molecule has 1 N–H and O–H groups in total. The summed E-state index contributed by atoms with van der Waals surface area (Å²) in [5.74, 6) is -1.41.